The number of rotatable bonds is 4. The number of thiazole rings is 1. The Labute approximate surface area is 174 Å². The van der Waals surface area contributed by atoms with Gasteiger partial charge in [-0.1, -0.05) is 17.4 Å². The van der Waals surface area contributed by atoms with Gasteiger partial charge in [0, 0.05) is 32.2 Å². The van der Waals surface area contributed by atoms with Crippen LogP contribution in [0.5, 0.6) is 0 Å². The van der Waals surface area contributed by atoms with Crippen LogP contribution in [0.3, 0.4) is 0 Å². The van der Waals surface area contributed by atoms with Crippen LogP contribution in [0.2, 0.25) is 0 Å². The van der Waals surface area contributed by atoms with E-state index in [0.717, 1.165) is 48.8 Å². The van der Waals surface area contributed by atoms with Gasteiger partial charge in [0.15, 0.2) is 11.5 Å². The molecule has 0 saturated carbocycles. The van der Waals surface area contributed by atoms with Crippen molar-refractivity contribution in [3.05, 3.63) is 41.7 Å². The van der Waals surface area contributed by atoms with Gasteiger partial charge in [-0.3, -0.25) is 9.48 Å². The van der Waals surface area contributed by atoms with Gasteiger partial charge in [0.25, 0.3) is 5.91 Å². The van der Waals surface area contributed by atoms with Crippen molar-refractivity contribution in [1.82, 2.24) is 20.1 Å². The molecule has 2 saturated heterocycles. The molecule has 11 heteroatoms. The number of carbonyl (C=O) groups is 1. The minimum atomic E-state index is -0.761. The summed E-state index contributed by atoms with van der Waals surface area (Å²) in [6.45, 7) is 1.72. The lowest BCUT2D eigenvalue weighted by molar-refractivity contribution is 0.102. The maximum absolute atomic E-state index is 14.1. The molecule has 1 aromatic carbocycles. The molecule has 1 amide bonds. The Hall–Kier alpha value is -3.05. The number of benzene rings is 1. The number of nitrogens with zero attached hydrogens (tertiary/aromatic N) is 4. The number of anilines is 3. The normalized spacial score (nSPS) is 20.2. The topological polar surface area (TPSA) is 101 Å². The second kappa shape index (κ2) is 7.03. The average molecular weight is 431 g/mol. The number of nitrogens with one attached hydrogen (secondary N) is 2. The van der Waals surface area contributed by atoms with E-state index in [9.17, 15) is 13.6 Å². The number of hydrogen-bond acceptors (Lipinski definition) is 7. The van der Waals surface area contributed by atoms with Gasteiger partial charge in [0.1, 0.15) is 27.3 Å². The number of aryl methyl sites for hydroxylation is 1. The summed E-state index contributed by atoms with van der Waals surface area (Å²) < 4.78 is 29.9. The van der Waals surface area contributed by atoms with E-state index < -0.39 is 17.5 Å². The van der Waals surface area contributed by atoms with Gasteiger partial charge in [-0.05, 0) is 18.6 Å². The average Bonchev–Trinajstić information content (AvgIpc) is 3.46. The molecule has 0 aliphatic carbocycles. The predicted molar refractivity (Wildman–Crippen MR) is 111 cm³/mol. The van der Waals surface area contributed by atoms with Crippen molar-refractivity contribution in [2.24, 2.45) is 7.05 Å². The van der Waals surface area contributed by atoms with E-state index in [1.165, 1.54) is 6.07 Å². The van der Waals surface area contributed by atoms with E-state index in [-0.39, 0.29) is 21.3 Å². The maximum Gasteiger partial charge on any atom is 0.277 e. The van der Waals surface area contributed by atoms with Gasteiger partial charge in [-0.2, -0.15) is 5.10 Å². The summed E-state index contributed by atoms with van der Waals surface area (Å²) in [5.74, 6) is -1.26. The highest BCUT2D eigenvalue weighted by Crippen LogP contribution is 2.36. The molecule has 2 fully saturated rings. The van der Waals surface area contributed by atoms with Gasteiger partial charge in [-0.15, -0.1) is 0 Å². The maximum atomic E-state index is 14.1. The summed E-state index contributed by atoms with van der Waals surface area (Å²) in [6.07, 6.45) is 2.63. The molecule has 0 unspecified atom stereocenters. The Morgan fingerprint density at radius 2 is 2.13 bits per heavy atom. The van der Waals surface area contributed by atoms with E-state index in [2.05, 4.69) is 25.6 Å². The van der Waals surface area contributed by atoms with Crippen LogP contribution in [0.15, 0.2) is 24.4 Å². The van der Waals surface area contributed by atoms with Crippen molar-refractivity contribution in [3.63, 3.8) is 0 Å². The molecule has 4 heterocycles. The first-order chi connectivity index (χ1) is 14.4. The van der Waals surface area contributed by atoms with Crippen LogP contribution < -0.4 is 21.3 Å². The SMILES string of the molecule is Cn1ncc(NC(=O)c2nc(-c3c(F)cccc3F)sc2N)c1N1C[C@@H]2C[C@H]1CN2. The Balaban J connectivity index is 1.43. The van der Waals surface area contributed by atoms with E-state index >= 15 is 0 Å². The van der Waals surface area contributed by atoms with Gasteiger partial charge < -0.3 is 21.3 Å². The Bertz CT molecular complexity index is 1120. The van der Waals surface area contributed by atoms with Crippen molar-refractivity contribution < 1.29 is 13.6 Å². The highest BCUT2D eigenvalue weighted by Gasteiger charge is 2.40. The van der Waals surface area contributed by atoms with E-state index in [1.807, 2.05) is 7.05 Å². The fourth-order valence-corrected chi connectivity index (χ4v) is 5.04. The number of piperazine rings is 1. The van der Waals surface area contributed by atoms with Crippen molar-refractivity contribution in [1.29, 1.82) is 0 Å². The first kappa shape index (κ1) is 18.9. The minimum absolute atomic E-state index is 0.0163. The molecule has 2 aromatic heterocycles. The van der Waals surface area contributed by atoms with Gasteiger partial charge >= 0.3 is 0 Å². The quantitative estimate of drug-likeness (QED) is 0.586. The van der Waals surface area contributed by atoms with E-state index in [0.29, 0.717) is 17.8 Å². The lowest BCUT2D eigenvalue weighted by Gasteiger charge is -2.30. The van der Waals surface area contributed by atoms with Gasteiger partial charge in [-0.25, -0.2) is 13.8 Å². The Morgan fingerprint density at radius 1 is 1.37 bits per heavy atom. The lowest BCUT2D eigenvalue weighted by atomic mass is 10.2. The first-order valence-corrected chi connectivity index (χ1v) is 10.3. The Kier molecular flexibility index (Phi) is 4.44. The molecule has 2 bridgehead atoms. The van der Waals surface area contributed by atoms with Crippen molar-refractivity contribution >= 4 is 33.8 Å². The molecule has 3 aromatic rings. The second-order valence-corrected chi connectivity index (χ2v) is 8.47. The van der Waals surface area contributed by atoms with E-state index in [1.54, 1.807) is 10.9 Å². The van der Waals surface area contributed by atoms with Crippen LogP contribution in [0.1, 0.15) is 16.9 Å². The van der Waals surface area contributed by atoms with Crippen LogP contribution in [0.25, 0.3) is 10.6 Å². The van der Waals surface area contributed by atoms with Crippen LogP contribution in [-0.4, -0.2) is 45.8 Å². The van der Waals surface area contributed by atoms with Crippen LogP contribution in [0.4, 0.5) is 25.3 Å². The molecule has 4 N–H and O–H groups in total. The summed E-state index contributed by atoms with van der Waals surface area (Å²) in [5.41, 5.74) is 6.13. The number of hydrogen-bond donors (Lipinski definition) is 3. The fraction of sp³-hybridized carbons (Fsp3) is 0.316. The number of nitrogens with two attached hydrogens (primary N) is 1. The molecular weight excluding hydrogens is 412 g/mol. The number of carbonyl (C=O) groups excluding carboxylic acids is 1. The summed E-state index contributed by atoms with van der Waals surface area (Å²) in [7, 11) is 1.82. The van der Waals surface area contributed by atoms with Crippen LogP contribution in [-0.2, 0) is 7.05 Å². The smallest absolute Gasteiger partial charge is 0.277 e. The monoisotopic (exact) mass is 431 g/mol. The highest BCUT2D eigenvalue weighted by atomic mass is 32.1. The molecule has 156 valence electrons. The van der Waals surface area contributed by atoms with Gasteiger partial charge in [0.05, 0.1) is 11.8 Å². The lowest BCUT2D eigenvalue weighted by Crippen LogP contribution is -2.44. The number of aromatic nitrogens is 3. The number of amides is 1. The zero-order valence-corrected chi connectivity index (χ0v) is 16.8. The zero-order chi connectivity index (χ0) is 21.0. The summed E-state index contributed by atoms with van der Waals surface area (Å²) in [4.78, 5) is 19.2. The predicted octanol–water partition coefficient (Wildman–Crippen LogP) is 2.21. The minimum Gasteiger partial charge on any atom is -0.389 e. The summed E-state index contributed by atoms with van der Waals surface area (Å²) in [6, 6.07) is 4.32. The molecule has 8 nitrogen and oxygen atoms in total. The van der Waals surface area contributed by atoms with Gasteiger partial charge in [0.2, 0.25) is 0 Å². The standard InChI is InChI=1S/C19H19F2N7OS/c1-27-19(28-8-9-5-10(28)6-23-9)13(7-24-27)25-17(29)15-16(22)30-18(26-15)14-11(20)3-2-4-12(14)21/h2-4,7,9-10,23H,5-6,8,22H2,1H3,(H,25,29)/t9-,10-/m0/s1. The van der Waals surface area contributed by atoms with Crippen LogP contribution >= 0.6 is 11.3 Å². The summed E-state index contributed by atoms with van der Waals surface area (Å²) >= 11 is 0.866. The molecule has 0 spiro atoms. The zero-order valence-electron chi connectivity index (χ0n) is 16.0. The molecule has 30 heavy (non-hydrogen) atoms. The first-order valence-electron chi connectivity index (χ1n) is 9.46. The largest absolute Gasteiger partial charge is 0.389 e. The molecule has 5 rings (SSSR count). The Morgan fingerprint density at radius 3 is 2.80 bits per heavy atom. The van der Waals surface area contributed by atoms with Crippen molar-refractivity contribution in [3.8, 4) is 10.6 Å². The molecular formula is C19H19F2N7OS. The third-order valence-electron chi connectivity index (χ3n) is 5.53. The molecule has 2 atom stereocenters. The highest BCUT2D eigenvalue weighted by molar-refractivity contribution is 7.19. The third kappa shape index (κ3) is 3.01. The molecule has 0 radical (unpaired) electrons. The third-order valence-corrected chi connectivity index (χ3v) is 6.43. The van der Waals surface area contributed by atoms with Crippen molar-refractivity contribution in [2.75, 3.05) is 29.0 Å². The molecule has 2 aliphatic rings. The molecule has 2 aliphatic heterocycles. The van der Waals surface area contributed by atoms with E-state index in [4.69, 9.17) is 5.73 Å². The van der Waals surface area contributed by atoms with Crippen LogP contribution in [0, 0.1) is 11.6 Å². The number of fused-ring (bicyclic) bond motifs is 2. The second-order valence-electron chi connectivity index (χ2n) is 7.44. The fourth-order valence-electron chi connectivity index (χ4n) is 4.17. The number of halogens is 2. The number of nitrogen functional groups attached to an aromatic ring is 1. The van der Waals surface area contributed by atoms with Crippen molar-refractivity contribution in [2.45, 2.75) is 18.5 Å². The summed E-state index contributed by atoms with van der Waals surface area (Å²) in [5, 5.41) is 10.6.